The molecule has 0 radical (unpaired) electrons. The van der Waals surface area contributed by atoms with Crippen molar-refractivity contribution in [1.82, 2.24) is 4.90 Å². The van der Waals surface area contributed by atoms with Gasteiger partial charge >= 0.3 is 5.97 Å². The molecule has 2 amide bonds. The van der Waals surface area contributed by atoms with Crippen molar-refractivity contribution < 1.29 is 33.9 Å². The molecule has 0 bridgehead atoms. The Labute approximate surface area is 199 Å². The molecule has 2 aromatic carbocycles. The lowest BCUT2D eigenvalue weighted by Gasteiger charge is -2.13. The summed E-state index contributed by atoms with van der Waals surface area (Å²) in [7, 11) is 1.39. The molecule has 32 heavy (non-hydrogen) atoms. The Morgan fingerprint density at radius 3 is 2.69 bits per heavy atom. The van der Waals surface area contributed by atoms with Crippen molar-refractivity contribution in [2.24, 2.45) is 0 Å². The number of benzene rings is 2. The third kappa shape index (κ3) is 5.19. The number of amides is 2. The van der Waals surface area contributed by atoms with Gasteiger partial charge in [0.1, 0.15) is 0 Å². The minimum Gasteiger partial charge on any atom is -0.493 e. The van der Waals surface area contributed by atoms with E-state index in [4.69, 9.17) is 14.6 Å². The average molecular weight is 570 g/mol. The Hall–Kier alpha value is -3.13. The van der Waals surface area contributed by atoms with Gasteiger partial charge in [0.15, 0.2) is 18.1 Å². The summed E-state index contributed by atoms with van der Waals surface area (Å²) in [5, 5.41) is 19.5. The van der Waals surface area contributed by atoms with E-state index < -0.39 is 28.6 Å². The van der Waals surface area contributed by atoms with Gasteiger partial charge in [0.05, 0.1) is 27.1 Å². The van der Waals surface area contributed by atoms with Crippen LogP contribution >= 0.6 is 34.4 Å². The van der Waals surface area contributed by atoms with Gasteiger partial charge in [-0.05, 0) is 58.1 Å². The van der Waals surface area contributed by atoms with Crippen LogP contribution in [0.1, 0.15) is 11.1 Å². The van der Waals surface area contributed by atoms with Crippen LogP contribution in [0.5, 0.6) is 11.5 Å². The number of imide groups is 1. The highest BCUT2D eigenvalue weighted by Gasteiger charge is 2.36. The second-order valence-corrected chi connectivity index (χ2v) is 8.53. The number of halogens is 1. The van der Waals surface area contributed by atoms with E-state index in [-0.39, 0.29) is 34.2 Å². The molecule has 1 N–H and O–H groups in total. The number of hydrogen-bond donors (Lipinski definition) is 1. The van der Waals surface area contributed by atoms with Crippen LogP contribution in [0.4, 0.5) is 10.5 Å². The molecule has 10 nitrogen and oxygen atoms in total. The summed E-state index contributed by atoms with van der Waals surface area (Å²) in [6.07, 6.45) is 1.50. The number of para-hydroxylation sites is 1. The zero-order chi connectivity index (χ0) is 23.4. The first-order valence-electron chi connectivity index (χ1n) is 8.91. The number of nitro groups is 1. The van der Waals surface area contributed by atoms with Gasteiger partial charge in [0.25, 0.3) is 16.8 Å². The zero-order valence-electron chi connectivity index (χ0n) is 16.4. The Balaban J connectivity index is 1.87. The largest absolute Gasteiger partial charge is 0.493 e. The van der Waals surface area contributed by atoms with E-state index in [1.165, 1.54) is 31.4 Å². The van der Waals surface area contributed by atoms with Crippen molar-refractivity contribution in [2.75, 3.05) is 13.7 Å². The predicted molar refractivity (Wildman–Crippen MR) is 123 cm³/mol. The van der Waals surface area contributed by atoms with Crippen LogP contribution in [0.15, 0.2) is 41.3 Å². The highest BCUT2D eigenvalue weighted by Crippen LogP contribution is 2.38. The number of hydrogen-bond acceptors (Lipinski definition) is 8. The average Bonchev–Trinajstić information content (AvgIpc) is 3.00. The minimum absolute atomic E-state index is 0.144. The summed E-state index contributed by atoms with van der Waals surface area (Å²) in [5.74, 6) is -1.20. The molecule has 0 atom stereocenters. The van der Waals surface area contributed by atoms with Crippen molar-refractivity contribution in [3.05, 3.63) is 66.1 Å². The van der Waals surface area contributed by atoms with Gasteiger partial charge in [-0.3, -0.25) is 24.6 Å². The summed E-state index contributed by atoms with van der Waals surface area (Å²) < 4.78 is 11.1. The first-order valence-corrected chi connectivity index (χ1v) is 10.8. The van der Waals surface area contributed by atoms with Gasteiger partial charge in [-0.1, -0.05) is 18.2 Å². The fraction of sp³-hybridized carbons (Fsp3) is 0.150. The fourth-order valence-electron chi connectivity index (χ4n) is 2.88. The Morgan fingerprint density at radius 1 is 1.31 bits per heavy atom. The molecule has 0 aliphatic carbocycles. The smallest absolute Gasteiger partial charge is 0.341 e. The van der Waals surface area contributed by atoms with Crippen LogP contribution in [0.25, 0.3) is 6.08 Å². The number of carboxylic acid groups (broad SMARTS) is 1. The van der Waals surface area contributed by atoms with E-state index in [2.05, 4.69) is 0 Å². The third-order valence-corrected chi connectivity index (χ3v) is 5.99. The van der Waals surface area contributed by atoms with Gasteiger partial charge < -0.3 is 14.6 Å². The second-order valence-electron chi connectivity index (χ2n) is 6.37. The van der Waals surface area contributed by atoms with E-state index in [0.717, 1.165) is 16.7 Å². The fourth-order valence-corrected chi connectivity index (χ4v) is 4.50. The topological polar surface area (TPSA) is 136 Å². The Kier molecular flexibility index (Phi) is 7.35. The van der Waals surface area contributed by atoms with E-state index >= 15 is 0 Å². The summed E-state index contributed by atoms with van der Waals surface area (Å²) >= 11 is 2.67. The number of methoxy groups -OCH3 is 1. The van der Waals surface area contributed by atoms with Crippen LogP contribution in [0.3, 0.4) is 0 Å². The number of carbonyl (C=O) groups excluding carboxylic acids is 2. The predicted octanol–water partition coefficient (Wildman–Crippen LogP) is 3.91. The third-order valence-electron chi connectivity index (χ3n) is 4.28. The summed E-state index contributed by atoms with van der Waals surface area (Å²) in [6.45, 7) is -0.766. The lowest BCUT2D eigenvalue weighted by atomic mass is 10.1. The maximum Gasteiger partial charge on any atom is 0.341 e. The Morgan fingerprint density at radius 2 is 2.03 bits per heavy atom. The monoisotopic (exact) mass is 570 g/mol. The molecule has 1 fully saturated rings. The maximum atomic E-state index is 12.8. The summed E-state index contributed by atoms with van der Waals surface area (Å²) in [5.41, 5.74) is 0.606. The van der Waals surface area contributed by atoms with Gasteiger partial charge in [0, 0.05) is 11.6 Å². The van der Waals surface area contributed by atoms with Crippen LogP contribution in [0, 0.1) is 13.7 Å². The molecule has 3 rings (SSSR count). The first-order chi connectivity index (χ1) is 15.2. The van der Waals surface area contributed by atoms with E-state index in [9.17, 15) is 24.5 Å². The number of nitrogens with zero attached hydrogens (tertiary/aromatic N) is 2. The molecular weight excluding hydrogens is 555 g/mol. The van der Waals surface area contributed by atoms with Gasteiger partial charge in [-0.2, -0.15) is 0 Å². The standard InChI is InChI=1S/C20H15IN2O8S/c1-30-15-7-11(6-13(21)18(15)31-10-17(24)25)8-16-19(26)22(20(27)32-16)9-12-4-2-3-5-14(12)23(28)29/h2-8H,9-10H2,1H3,(H,24,25)/b16-8-. The molecule has 0 saturated carbocycles. The van der Waals surface area contributed by atoms with Crippen molar-refractivity contribution >= 4 is 63.2 Å². The van der Waals surface area contributed by atoms with Crippen molar-refractivity contribution in [1.29, 1.82) is 0 Å². The molecule has 1 saturated heterocycles. The van der Waals surface area contributed by atoms with E-state index in [1.54, 1.807) is 18.2 Å². The molecule has 0 unspecified atom stereocenters. The number of rotatable bonds is 8. The Bertz CT molecular complexity index is 1150. The zero-order valence-corrected chi connectivity index (χ0v) is 19.4. The second kappa shape index (κ2) is 9.99. The molecule has 166 valence electrons. The number of nitro benzene ring substituents is 1. The van der Waals surface area contributed by atoms with Gasteiger partial charge in [0.2, 0.25) is 0 Å². The van der Waals surface area contributed by atoms with Crippen molar-refractivity contribution in [3.8, 4) is 11.5 Å². The van der Waals surface area contributed by atoms with Crippen LogP contribution in [0.2, 0.25) is 0 Å². The van der Waals surface area contributed by atoms with Gasteiger partial charge in [-0.25, -0.2) is 4.79 Å². The maximum absolute atomic E-state index is 12.8. The SMILES string of the molecule is COc1cc(/C=C2\SC(=O)N(Cc3ccccc3[N+](=O)[O-])C2=O)cc(I)c1OCC(=O)O. The lowest BCUT2D eigenvalue weighted by Crippen LogP contribution is -2.27. The number of carboxylic acids is 1. The van der Waals surface area contributed by atoms with Crippen LogP contribution in [-0.4, -0.2) is 45.8 Å². The lowest BCUT2D eigenvalue weighted by molar-refractivity contribution is -0.385. The van der Waals surface area contributed by atoms with E-state index in [1.807, 2.05) is 22.6 Å². The molecule has 1 aliphatic heterocycles. The molecule has 0 aromatic heterocycles. The molecule has 0 spiro atoms. The number of ether oxygens (including phenoxy) is 2. The highest BCUT2D eigenvalue weighted by atomic mass is 127. The van der Waals surface area contributed by atoms with Crippen molar-refractivity contribution in [3.63, 3.8) is 0 Å². The normalized spacial score (nSPS) is 14.7. The molecule has 12 heteroatoms. The summed E-state index contributed by atoms with van der Waals surface area (Å²) in [6, 6.07) is 9.11. The molecule has 2 aromatic rings. The number of aliphatic carboxylic acids is 1. The molecule has 1 heterocycles. The number of thioether (sulfide) groups is 1. The quantitative estimate of drug-likeness (QED) is 0.217. The van der Waals surface area contributed by atoms with Crippen LogP contribution < -0.4 is 9.47 Å². The van der Waals surface area contributed by atoms with Crippen molar-refractivity contribution in [2.45, 2.75) is 6.54 Å². The summed E-state index contributed by atoms with van der Waals surface area (Å²) in [4.78, 5) is 47.8. The van der Waals surface area contributed by atoms with Crippen LogP contribution in [-0.2, 0) is 16.1 Å². The number of carbonyl (C=O) groups is 3. The van der Waals surface area contributed by atoms with Gasteiger partial charge in [-0.15, -0.1) is 0 Å². The highest BCUT2D eigenvalue weighted by molar-refractivity contribution is 14.1. The minimum atomic E-state index is -1.14. The molecular formula is C20H15IN2O8S. The molecule has 1 aliphatic rings. The first kappa shape index (κ1) is 23.5. The van der Waals surface area contributed by atoms with E-state index in [0.29, 0.717) is 9.13 Å².